The summed E-state index contributed by atoms with van der Waals surface area (Å²) < 4.78 is 1.14. The number of thiazole rings is 1. The quantitative estimate of drug-likeness (QED) is 0.618. The second kappa shape index (κ2) is 8.87. The maximum Gasteiger partial charge on any atom is 0.260 e. The number of rotatable bonds is 7. The van der Waals surface area contributed by atoms with Crippen molar-refractivity contribution in [2.24, 2.45) is 0 Å². The van der Waals surface area contributed by atoms with Gasteiger partial charge in [-0.3, -0.25) is 9.69 Å². The first-order valence-electron chi connectivity index (χ1n) is 9.16. The average molecular weight is 401 g/mol. The summed E-state index contributed by atoms with van der Waals surface area (Å²) in [5, 5.41) is 0.776. The van der Waals surface area contributed by atoms with Crippen molar-refractivity contribution in [3.05, 3.63) is 53.6 Å². The molecule has 0 fully saturated rings. The fraction of sp³-hybridized carbons (Fsp3) is 0.333. The van der Waals surface area contributed by atoms with Gasteiger partial charge < -0.3 is 4.90 Å². The Morgan fingerprint density at radius 2 is 1.93 bits per heavy atom. The number of anilines is 1. The highest BCUT2D eigenvalue weighted by Gasteiger charge is 2.22. The minimum Gasteiger partial charge on any atom is -0.338 e. The Morgan fingerprint density at radius 1 is 1.19 bits per heavy atom. The Kier molecular flexibility index (Phi) is 6.52. The molecule has 0 aliphatic rings. The first-order chi connectivity index (χ1) is 13.0. The SMILES string of the molecule is CCc1ccc2nc(N(CC[NH+](C)C)C(=O)c3ccc(SC)cc3)sc2c1. The fourth-order valence-corrected chi connectivity index (χ4v) is 4.26. The number of thioether (sulfide) groups is 1. The van der Waals surface area contributed by atoms with E-state index in [0.29, 0.717) is 12.1 Å². The van der Waals surface area contributed by atoms with Gasteiger partial charge in [-0.2, -0.15) is 0 Å². The number of aryl methyl sites for hydroxylation is 1. The van der Waals surface area contributed by atoms with E-state index in [1.807, 2.05) is 35.4 Å². The van der Waals surface area contributed by atoms with Crippen LogP contribution in [0.1, 0.15) is 22.8 Å². The second-order valence-electron chi connectivity index (χ2n) is 6.79. The molecule has 0 aliphatic heterocycles. The molecule has 6 heteroatoms. The van der Waals surface area contributed by atoms with Crippen LogP contribution < -0.4 is 9.80 Å². The predicted octanol–water partition coefficient (Wildman–Crippen LogP) is 3.37. The van der Waals surface area contributed by atoms with Crippen molar-refractivity contribution >= 4 is 44.4 Å². The zero-order valence-corrected chi connectivity index (χ0v) is 17.9. The predicted molar refractivity (Wildman–Crippen MR) is 117 cm³/mol. The van der Waals surface area contributed by atoms with Gasteiger partial charge in [-0.05, 0) is 54.6 Å². The number of carbonyl (C=O) groups is 1. The van der Waals surface area contributed by atoms with Gasteiger partial charge in [0, 0.05) is 10.5 Å². The first kappa shape index (κ1) is 19.9. The van der Waals surface area contributed by atoms with Crippen LogP contribution >= 0.6 is 23.1 Å². The van der Waals surface area contributed by atoms with Crippen LogP contribution in [0.15, 0.2) is 47.4 Å². The van der Waals surface area contributed by atoms with E-state index in [0.717, 1.165) is 33.2 Å². The molecule has 0 spiro atoms. The molecule has 142 valence electrons. The van der Waals surface area contributed by atoms with Gasteiger partial charge in [0.2, 0.25) is 0 Å². The van der Waals surface area contributed by atoms with Crippen molar-refractivity contribution in [2.45, 2.75) is 18.2 Å². The summed E-state index contributed by atoms with van der Waals surface area (Å²) >= 11 is 3.27. The number of hydrogen-bond acceptors (Lipinski definition) is 4. The smallest absolute Gasteiger partial charge is 0.260 e. The molecule has 1 amide bonds. The first-order valence-corrected chi connectivity index (χ1v) is 11.2. The molecule has 0 aliphatic carbocycles. The molecular formula is C21H26N3OS2+. The molecule has 1 aromatic heterocycles. The lowest BCUT2D eigenvalue weighted by Gasteiger charge is -2.20. The minimum atomic E-state index is 0.0127. The van der Waals surface area contributed by atoms with Crippen molar-refractivity contribution in [3.8, 4) is 0 Å². The van der Waals surface area contributed by atoms with E-state index in [1.165, 1.54) is 10.5 Å². The summed E-state index contributed by atoms with van der Waals surface area (Å²) in [6.07, 6.45) is 3.03. The lowest BCUT2D eigenvalue weighted by Crippen LogP contribution is -3.06. The topological polar surface area (TPSA) is 37.6 Å². The number of quaternary nitrogens is 1. The summed E-state index contributed by atoms with van der Waals surface area (Å²) in [5.74, 6) is 0.0127. The highest BCUT2D eigenvalue weighted by Crippen LogP contribution is 2.30. The molecule has 27 heavy (non-hydrogen) atoms. The molecular weight excluding hydrogens is 374 g/mol. The number of benzene rings is 2. The van der Waals surface area contributed by atoms with Crippen LogP contribution in [0.5, 0.6) is 0 Å². The summed E-state index contributed by atoms with van der Waals surface area (Å²) in [7, 11) is 4.20. The van der Waals surface area contributed by atoms with E-state index >= 15 is 0 Å². The number of fused-ring (bicyclic) bond motifs is 1. The summed E-state index contributed by atoms with van der Waals surface area (Å²) in [6, 6.07) is 14.2. The van der Waals surface area contributed by atoms with Crippen LogP contribution in [0.2, 0.25) is 0 Å². The second-order valence-corrected chi connectivity index (χ2v) is 8.68. The number of likely N-dealkylation sites (N-methyl/N-ethyl adjacent to an activating group) is 1. The maximum absolute atomic E-state index is 13.2. The molecule has 0 unspecified atom stereocenters. The van der Waals surface area contributed by atoms with Gasteiger partial charge in [-0.25, -0.2) is 4.98 Å². The Labute approximate surface area is 169 Å². The number of nitrogens with zero attached hydrogens (tertiary/aromatic N) is 2. The van der Waals surface area contributed by atoms with Gasteiger partial charge in [-0.1, -0.05) is 24.3 Å². The number of amides is 1. The normalized spacial score (nSPS) is 11.3. The Balaban J connectivity index is 1.95. The largest absolute Gasteiger partial charge is 0.338 e. The molecule has 0 saturated carbocycles. The van der Waals surface area contributed by atoms with Gasteiger partial charge in [0.25, 0.3) is 5.91 Å². The molecule has 0 bridgehead atoms. The van der Waals surface area contributed by atoms with Gasteiger partial charge in [-0.15, -0.1) is 11.8 Å². The molecule has 3 aromatic rings. The third-order valence-electron chi connectivity index (χ3n) is 4.50. The standard InChI is InChI=1S/C21H25N3OS2/c1-5-15-6-11-18-19(14-15)27-21(22-18)24(13-12-23(2)3)20(25)16-7-9-17(26-4)10-8-16/h6-11,14H,5,12-13H2,1-4H3/p+1. The molecule has 0 radical (unpaired) electrons. The van der Waals surface area contributed by atoms with Gasteiger partial charge in [0.05, 0.1) is 37.4 Å². The summed E-state index contributed by atoms with van der Waals surface area (Å²) in [4.78, 5) is 22.3. The highest BCUT2D eigenvalue weighted by molar-refractivity contribution is 7.98. The number of carbonyl (C=O) groups excluding carboxylic acids is 1. The van der Waals surface area contributed by atoms with E-state index in [9.17, 15) is 4.79 Å². The van der Waals surface area contributed by atoms with Crippen LogP contribution in [0.4, 0.5) is 5.13 Å². The van der Waals surface area contributed by atoms with Gasteiger partial charge in [0.15, 0.2) is 5.13 Å². The Morgan fingerprint density at radius 3 is 2.56 bits per heavy atom. The van der Waals surface area contributed by atoms with Crippen LogP contribution in [0.25, 0.3) is 10.2 Å². The minimum absolute atomic E-state index is 0.0127. The molecule has 3 rings (SSSR count). The Hall–Kier alpha value is -1.89. The average Bonchev–Trinajstić information content (AvgIpc) is 3.10. The number of hydrogen-bond donors (Lipinski definition) is 1. The van der Waals surface area contributed by atoms with Gasteiger partial charge >= 0.3 is 0 Å². The van der Waals surface area contributed by atoms with E-state index < -0.39 is 0 Å². The van der Waals surface area contributed by atoms with Crippen LogP contribution in [-0.4, -0.2) is 44.3 Å². The van der Waals surface area contributed by atoms with E-state index in [2.05, 4.69) is 39.2 Å². The van der Waals surface area contributed by atoms with E-state index in [4.69, 9.17) is 4.98 Å². The van der Waals surface area contributed by atoms with Crippen molar-refractivity contribution < 1.29 is 9.69 Å². The highest BCUT2D eigenvalue weighted by atomic mass is 32.2. The third-order valence-corrected chi connectivity index (χ3v) is 6.28. The summed E-state index contributed by atoms with van der Waals surface area (Å²) in [6.45, 7) is 3.66. The zero-order valence-electron chi connectivity index (χ0n) is 16.3. The van der Waals surface area contributed by atoms with Crippen molar-refractivity contribution in [2.75, 3.05) is 38.3 Å². The molecule has 0 saturated heterocycles. The lowest BCUT2D eigenvalue weighted by molar-refractivity contribution is -0.856. The summed E-state index contributed by atoms with van der Waals surface area (Å²) in [5.41, 5.74) is 2.95. The number of aromatic nitrogens is 1. The molecule has 1 heterocycles. The molecule has 0 atom stereocenters. The van der Waals surface area contributed by atoms with Crippen molar-refractivity contribution in [1.29, 1.82) is 0 Å². The molecule has 4 nitrogen and oxygen atoms in total. The van der Waals surface area contributed by atoms with Crippen molar-refractivity contribution in [1.82, 2.24) is 4.98 Å². The molecule has 2 aromatic carbocycles. The Bertz CT molecular complexity index is 919. The van der Waals surface area contributed by atoms with Crippen LogP contribution in [-0.2, 0) is 6.42 Å². The molecule has 1 N–H and O–H groups in total. The number of nitrogens with one attached hydrogen (secondary N) is 1. The van der Waals surface area contributed by atoms with E-state index in [-0.39, 0.29) is 5.91 Å². The fourth-order valence-electron chi connectivity index (χ4n) is 2.80. The third kappa shape index (κ3) is 4.69. The van der Waals surface area contributed by atoms with Crippen LogP contribution in [0.3, 0.4) is 0 Å². The van der Waals surface area contributed by atoms with E-state index in [1.54, 1.807) is 23.1 Å². The van der Waals surface area contributed by atoms with Crippen molar-refractivity contribution in [3.63, 3.8) is 0 Å². The zero-order chi connectivity index (χ0) is 19.4. The monoisotopic (exact) mass is 400 g/mol. The maximum atomic E-state index is 13.2. The van der Waals surface area contributed by atoms with Gasteiger partial charge in [0.1, 0.15) is 0 Å². The van der Waals surface area contributed by atoms with Crippen LogP contribution in [0, 0.1) is 0 Å². The lowest BCUT2D eigenvalue weighted by atomic mass is 10.2.